The summed E-state index contributed by atoms with van der Waals surface area (Å²) >= 11 is 0. The van der Waals surface area contributed by atoms with Crippen molar-refractivity contribution in [1.82, 2.24) is 9.55 Å². The molecule has 0 radical (unpaired) electrons. The average molecular weight is 217 g/mol. The van der Waals surface area contributed by atoms with Crippen LogP contribution in [-0.2, 0) is 13.0 Å². The summed E-state index contributed by atoms with van der Waals surface area (Å²) in [7, 11) is 0. The maximum Gasteiger partial charge on any atom is 0.272 e. The van der Waals surface area contributed by atoms with Crippen molar-refractivity contribution >= 4 is 5.69 Å². The second-order valence-electron chi connectivity index (χ2n) is 3.44. The second-order valence-corrected chi connectivity index (χ2v) is 3.44. The summed E-state index contributed by atoms with van der Waals surface area (Å²) in [6.07, 6.45) is 5.87. The number of nitrogens with zero attached hydrogens (tertiary/aromatic N) is 3. The molecule has 0 fully saturated rings. The van der Waals surface area contributed by atoms with Crippen molar-refractivity contribution in [2.24, 2.45) is 0 Å². The van der Waals surface area contributed by atoms with Gasteiger partial charge in [0.25, 0.3) is 5.69 Å². The lowest BCUT2D eigenvalue weighted by Gasteiger charge is -2.03. The van der Waals surface area contributed by atoms with Crippen LogP contribution in [-0.4, -0.2) is 14.5 Å². The minimum Gasteiger partial charge on any atom is -0.337 e. The van der Waals surface area contributed by atoms with E-state index in [9.17, 15) is 10.1 Å². The molecule has 1 aromatic heterocycles. The Bertz CT molecular complexity index is 480. The molecule has 0 aliphatic heterocycles. The zero-order valence-corrected chi connectivity index (χ0v) is 8.61. The van der Waals surface area contributed by atoms with Gasteiger partial charge in [-0.3, -0.25) is 10.1 Å². The van der Waals surface area contributed by atoms with Gasteiger partial charge >= 0.3 is 0 Å². The molecule has 2 aromatic rings. The van der Waals surface area contributed by atoms with Gasteiger partial charge in [-0.2, -0.15) is 0 Å². The summed E-state index contributed by atoms with van der Waals surface area (Å²) in [5.41, 5.74) is 0.934. The molecule has 5 heteroatoms. The van der Waals surface area contributed by atoms with Crippen molar-refractivity contribution in [3.63, 3.8) is 0 Å². The predicted molar refractivity (Wildman–Crippen MR) is 59.0 cm³/mol. The van der Waals surface area contributed by atoms with Crippen LogP contribution in [0.15, 0.2) is 43.0 Å². The number of hydrogen-bond donors (Lipinski definition) is 0. The molecule has 2 rings (SSSR count). The molecule has 0 saturated heterocycles. The van der Waals surface area contributed by atoms with Gasteiger partial charge in [-0.05, 0) is 6.42 Å². The molecule has 1 aromatic carbocycles. The van der Waals surface area contributed by atoms with Crippen molar-refractivity contribution in [1.29, 1.82) is 0 Å². The molecule has 5 nitrogen and oxygen atoms in total. The molecule has 0 saturated carbocycles. The number of aryl methyl sites for hydroxylation is 2. The van der Waals surface area contributed by atoms with Gasteiger partial charge in [-0.1, -0.05) is 18.2 Å². The normalized spacial score (nSPS) is 10.2. The number of nitro groups is 1. The third-order valence-corrected chi connectivity index (χ3v) is 2.39. The summed E-state index contributed by atoms with van der Waals surface area (Å²) in [5, 5.41) is 10.8. The summed E-state index contributed by atoms with van der Waals surface area (Å²) in [6.45, 7) is 0.699. The number of rotatable bonds is 4. The first-order valence-electron chi connectivity index (χ1n) is 4.95. The minimum absolute atomic E-state index is 0.183. The molecule has 0 spiro atoms. The number of imidazole rings is 1. The highest BCUT2D eigenvalue weighted by atomic mass is 16.6. The van der Waals surface area contributed by atoms with Crippen molar-refractivity contribution in [2.45, 2.75) is 13.0 Å². The van der Waals surface area contributed by atoms with Crippen LogP contribution in [0.1, 0.15) is 5.56 Å². The minimum atomic E-state index is -0.344. The topological polar surface area (TPSA) is 61.0 Å². The van der Waals surface area contributed by atoms with E-state index in [-0.39, 0.29) is 10.6 Å². The standard InChI is InChI=1S/C11H11N3O2/c15-14(16)11-4-2-1-3-10(11)5-7-13-8-6-12-9-13/h1-4,6,8-9H,5,7H2. The monoisotopic (exact) mass is 217 g/mol. The lowest BCUT2D eigenvalue weighted by Crippen LogP contribution is -2.01. The van der Waals surface area contributed by atoms with E-state index in [2.05, 4.69) is 4.98 Å². The predicted octanol–water partition coefficient (Wildman–Crippen LogP) is 2.03. The van der Waals surface area contributed by atoms with Crippen LogP contribution in [0.2, 0.25) is 0 Å². The third kappa shape index (κ3) is 2.25. The Balaban J connectivity index is 2.12. The second kappa shape index (κ2) is 4.57. The maximum absolute atomic E-state index is 10.8. The van der Waals surface area contributed by atoms with Gasteiger partial charge in [0.15, 0.2) is 0 Å². The van der Waals surface area contributed by atoms with Gasteiger partial charge in [0.05, 0.1) is 11.3 Å². The van der Waals surface area contributed by atoms with Crippen LogP contribution in [0, 0.1) is 10.1 Å². The quantitative estimate of drug-likeness (QED) is 0.581. The van der Waals surface area contributed by atoms with Gasteiger partial charge in [0.1, 0.15) is 0 Å². The van der Waals surface area contributed by atoms with Crippen molar-refractivity contribution in [3.05, 3.63) is 58.7 Å². The molecule has 0 aliphatic carbocycles. The van der Waals surface area contributed by atoms with Crippen LogP contribution in [0.25, 0.3) is 0 Å². The first-order chi connectivity index (χ1) is 7.77. The average Bonchev–Trinajstić information content (AvgIpc) is 2.79. The van der Waals surface area contributed by atoms with E-state index in [1.807, 2.05) is 16.8 Å². The van der Waals surface area contributed by atoms with Crippen molar-refractivity contribution in [3.8, 4) is 0 Å². The van der Waals surface area contributed by atoms with E-state index in [4.69, 9.17) is 0 Å². The Labute approximate surface area is 92.5 Å². The van der Waals surface area contributed by atoms with Gasteiger partial charge in [0.2, 0.25) is 0 Å². The molecule has 0 aliphatic rings. The molecule has 16 heavy (non-hydrogen) atoms. The lowest BCUT2D eigenvalue weighted by molar-refractivity contribution is -0.385. The zero-order valence-electron chi connectivity index (χ0n) is 8.61. The fraction of sp³-hybridized carbons (Fsp3) is 0.182. The van der Waals surface area contributed by atoms with Crippen LogP contribution >= 0.6 is 0 Å². The summed E-state index contributed by atoms with van der Waals surface area (Å²) in [6, 6.07) is 6.81. The van der Waals surface area contributed by atoms with Crippen LogP contribution in [0.5, 0.6) is 0 Å². The highest BCUT2D eigenvalue weighted by Crippen LogP contribution is 2.18. The first-order valence-corrected chi connectivity index (χ1v) is 4.95. The molecular weight excluding hydrogens is 206 g/mol. The highest BCUT2D eigenvalue weighted by molar-refractivity contribution is 5.39. The number of para-hydroxylation sites is 1. The van der Waals surface area contributed by atoms with Gasteiger partial charge in [-0.15, -0.1) is 0 Å². The van der Waals surface area contributed by atoms with Crippen molar-refractivity contribution in [2.75, 3.05) is 0 Å². The molecule has 0 unspecified atom stereocenters. The molecular formula is C11H11N3O2. The number of hydrogen-bond acceptors (Lipinski definition) is 3. The zero-order chi connectivity index (χ0) is 11.4. The molecule has 0 N–H and O–H groups in total. The van der Waals surface area contributed by atoms with Crippen LogP contribution in [0.4, 0.5) is 5.69 Å². The molecule has 0 atom stereocenters. The first kappa shape index (κ1) is 10.4. The van der Waals surface area contributed by atoms with E-state index in [1.54, 1.807) is 24.7 Å². The summed E-state index contributed by atoms with van der Waals surface area (Å²) in [5.74, 6) is 0. The van der Waals surface area contributed by atoms with Crippen LogP contribution in [0.3, 0.4) is 0 Å². The Hall–Kier alpha value is -2.17. The van der Waals surface area contributed by atoms with E-state index in [0.717, 1.165) is 5.56 Å². The number of benzene rings is 1. The Kier molecular flexibility index (Phi) is 2.95. The van der Waals surface area contributed by atoms with Crippen LogP contribution < -0.4 is 0 Å². The molecule has 0 bridgehead atoms. The summed E-state index contributed by atoms with van der Waals surface area (Å²) < 4.78 is 1.90. The maximum atomic E-state index is 10.8. The van der Waals surface area contributed by atoms with Gasteiger partial charge < -0.3 is 4.57 Å². The number of aromatic nitrogens is 2. The van der Waals surface area contributed by atoms with Crippen molar-refractivity contribution < 1.29 is 4.92 Å². The van der Waals surface area contributed by atoms with Gasteiger partial charge in [-0.25, -0.2) is 4.98 Å². The number of nitro benzene ring substituents is 1. The van der Waals surface area contributed by atoms with Gasteiger partial charge in [0, 0.05) is 30.6 Å². The Morgan fingerprint density at radius 3 is 2.88 bits per heavy atom. The lowest BCUT2D eigenvalue weighted by atomic mass is 10.1. The largest absolute Gasteiger partial charge is 0.337 e. The highest BCUT2D eigenvalue weighted by Gasteiger charge is 2.11. The summed E-state index contributed by atoms with van der Waals surface area (Å²) in [4.78, 5) is 14.3. The van der Waals surface area contributed by atoms with E-state index < -0.39 is 0 Å². The Morgan fingerprint density at radius 2 is 2.19 bits per heavy atom. The molecule has 82 valence electrons. The fourth-order valence-electron chi connectivity index (χ4n) is 1.57. The molecule has 0 amide bonds. The fourth-order valence-corrected chi connectivity index (χ4v) is 1.57. The third-order valence-electron chi connectivity index (χ3n) is 2.39. The smallest absolute Gasteiger partial charge is 0.272 e. The van der Waals surface area contributed by atoms with E-state index in [0.29, 0.717) is 13.0 Å². The SMILES string of the molecule is O=[N+]([O-])c1ccccc1CCn1ccnc1. The molecule has 1 heterocycles. The van der Waals surface area contributed by atoms with E-state index >= 15 is 0 Å². The van der Waals surface area contributed by atoms with E-state index in [1.165, 1.54) is 6.07 Å². The Morgan fingerprint density at radius 1 is 1.38 bits per heavy atom.